The molecule has 0 aliphatic heterocycles. The lowest BCUT2D eigenvalue weighted by Crippen LogP contribution is -2.33. The molecule has 0 unspecified atom stereocenters. The third kappa shape index (κ3) is 3.57. The van der Waals surface area contributed by atoms with Crippen molar-refractivity contribution in [3.63, 3.8) is 0 Å². The smallest absolute Gasteiger partial charge is 0.258 e. The van der Waals surface area contributed by atoms with Gasteiger partial charge in [-0.05, 0) is 12.1 Å². The molecule has 0 spiro atoms. The van der Waals surface area contributed by atoms with Gasteiger partial charge in [0.15, 0.2) is 0 Å². The summed E-state index contributed by atoms with van der Waals surface area (Å²) < 4.78 is 6.50. The Hall–Kier alpha value is -3.42. The Morgan fingerprint density at radius 2 is 2.04 bits per heavy atom. The molecule has 0 saturated heterocycles. The molecule has 1 aromatic carbocycles. The summed E-state index contributed by atoms with van der Waals surface area (Å²) in [4.78, 5) is 28.6. The first-order valence-electron chi connectivity index (χ1n) is 7.58. The van der Waals surface area contributed by atoms with Crippen LogP contribution in [0.2, 0.25) is 0 Å². The van der Waals surface area contributed by atoms with Crippen LogP contribution in [0.5, 0.6) is 5.88 Å². The molecule has 2 aromatic heterocycles. The van der Waals surface area contributed by atoms with Crippen molar-refractivity contribution in [3.8, 4) is 5.88 Å². The number of methoxy groups -OCH3 is 1. The van der Waals surface area contributed by atoms with E-state index in [1.165, 1.54) is 18.0 Å². The molecule has 25 heavy (non-hydrogen) atoms. The molecule has 0 bridgehead atoms. The molecule has 0 atom stereocenters. The average molecular weight is 339 g/mol. The highest BCUT2D eigenvalue weighted by molar-refractivity contribution is 6.03. The molecule has 8 nitrogen and oxygen atoms in total. The lowest BCUT2D eigenvalue weighted by molar-refractivity contribution is -0.115. The van der Waals surface area contributed by atoms with Crippen LogP contribution in [0.1, 0.15) is 10.4 Å². The van der Waals surface area contributed by atoms with E-state index in [4.69, 9.17) is 4.74 Å². The molecule has 3 rings (SSSR count). The van der Waals surface area contributed by atoms with Crippen LogP contribution in [-0.2, 0) is 11.8 Å². The summed E-state index contributed by atoms with van der Waals surface area (Å²) in [6.07, 6.45) is 3.19. The third-order valence-electron chi connectivity index (χ3n) is 3.55. The molecular weight excluding hydrogens is 322 g/mol. The zero-order valence-corrected chi connectivity index (χ0v) is 13.8. The normalized spacial score (nSPS) is 10.5. The predicted octanol–water partition coefficient (Wildman–Crippen LogP) is 1.35. The van der Waals surface area contributed by atoms with Gasteiger partial charge in [0.05, 0.1) is 24.9 Å². The molecule has 2 heterocycles. The maximum absolute atomic E-state index is 12.2. The van der Waals surface area contributed by atoms with Crippen LogP contribution in [0.25, 0.3) is 10.9 Å². The van der Waals surface area contributed by atoms with Gasteiger partial charge in [-0.3, -0.25) is 19.3 Å². The second-order valence-corrected chi connectivity index (χ2v) is 5.34. The van der Waals surface area contributed by atoms with Gasteiger partial charge in [0.1, 0.15) is 5.56 Å². The number of rotatable bonds is 5. The van der Waals surface area contributed by atoms with Crippen molar-refractivity contribution in [2.75, 3.05) is 19.0 Å². The van der Waals surface area contributed by atoms with Gasteiger partial charge in [-0.15, -0.1) is 5.10 Å². The largest absolute Gasteiger partial charge is 0.479 e. The molecule has 8 heteroatoms. The minimum atomic E-state index is -0.434. The number of nitrogens with one attached hydrogen (secondary N) is 2. The first-order valence-corrected chi connectivity index (χ1v) is 7.58. The average Bonchev–Trinajstić information content (AvgIpc) is 3.01. The van der Waals surface area contributed by atoms with Crippen molar-refractivity contribution in [2.45, 2.75) is 0 Å². The second-order valence-electron chi connectivity index (χ2n) is 5.34. The third-order valence-corrected chi connectivity index (χ3v) is 3.55. The molecule has 0 aliphatic carbocycles. The van der Waals surface area contributed by atoms with E-state index in [0.29, 0.717) is 11.2 Å². The monoisotopic (exact) mass is 339 g/mol. The Kier molecular flexibility index (Phi) is 4.60. The van der Waals surface area contributed by atoms with Crippen LogP contribution in [0.4, 0.5) is 5.69 Å². The van der Waals surface area contributed by atoms with Crippen molar-refractivity contribution < 1.29 is 14.3 Å². The maximum atomic E-state index is 12.2. The van der Waals surface area contributed by atoms with E-state index in [1.54, 1.807) is 19.3 Å². The van der Waals surface area contributed by atoms with Crippen LogP contribution in [-0.4, -0.2) is 40.2 Å². The Morgan fingerprint density at radius 3 is 2.84 bits per heavy atom. The number of ether oxygens (including phenoxy) is 1. The van der Waals surface area contributed by atoms with Crippen molar-refractivity contribution >= 4 is 28.4 Å². The molecule has 2 amide bonds. The summed E-state index contributed by atoms with van der Waals surface area (Å²) >= 11 is 0. The Bertz CT molecular complexity index is 930. The topological polar surface area (TPSA) is 98.1 Å². The molecule has 0 aliphatic rings. The number of hydrogen-bond donors (Lipinski definition) is 2. The number of aryl methyl sites for hydroxylation is 1. The lowest BCUT2D eigenvalue weighted by atomic mass is 10.2. The van der Waals surface area contributed by atoms with Gasteiger partial charge in [0, 0.05) is 24.8 Å². The molecular formula is C17H17N5O3. The van der Waals surface area contributed by atoms with E-state index in [-0.39, 0.29) is 23.9 Å². The minimum Gasteiger partial charge on any atom is -0.479 e. The Labute approximate surface area is 143 Å². The lowest BCUT2D eigenvalue weighted by Gasteiger charge is -2.09. The predicted molar refractivity (Wildman–Crippen MR) is 92.5 cm³/mol. The first kappa shape index (κ1) is 16.4. The van der Waals surface area contributed by atoms with Crippen molar-refractivity contribution in [2.24, 2.45) is 7.05 Å². The number of pyridine rings is 1. The minimum absolute atomic E-state index is 0.180. The van der Waals surface area contributed by atoms with E-state index in [9.17, 15) is 9.59 Å². The number of fused-ring (bicyclic) bond motifs is 1. The van der Waals surface area contributed by atoms with Crippen LogP contribution in [0, 0.1) is 0 Å². The van der Waals surface area contributed by atoms with Crippen LogP contribution >= 0.6 is 0 Å². The summed E-state index contributed by atoms with van der Waals surface area (Å²) in [5.74, 6) is -0.579. The molecule has 2 N–H and O–H groups in total. The van der Waals surface area contributed by atoms with E-state index < -0.39 is 5.91 Å². The summed E-state index contributed by atoms with van der Waals surface area (Å²) in [5.41, 5.74) is 1.56. The van der Waals surface area contributed by atoms with E-state index in [0.717, 1.165) is 5.39 Å². The van der Waals surface area contributed by atoms with E-state index >= 15 is 0 Å². The molecule has 3 aromatic rings. The number of anilines is 1. The highest BCUT2D eigenvalue weighted by Crippen LogP contribution is 2.20. The SMILES string of the molecule is COc1nn(C)cc1C(=O)NCC(=O)Nc1cccc2cccnc12. The highest BCUT2D eigenvalue weighted by atomic mass is 16.5. The zero-order chi connectivity index (χ0) is 17.8. The quantitative estimate of drug-likeness (QED) is 0.731. The van der Waals surface area contributed by atoms with Gasteiger partial charge in [-0.1, -0.05) is 18.2 Å². The second kappa shape index (κ2) is 7.00. The molecule has 0 radical (unpaired) electrons. The standard InChI is InChI=1S/C17H17N5O3/c1-22-10-12(17(21-22)25-2)16(24)19-9-14(23)20-13-7-3-5-11-6-4-8-18-15(11)13/h3-8,10H,9H2,1-2H3,(H,19,24)(H,20,23). The van der Waals surface area contributed by atoms with Gasteiger partial charge in [0.25, 0.3) is 5.91 Å². The summed E-state index contributed by atoms with van der Waals surface area (Å²) in [6.45, 7) is -0.180. The van der Waals surface area contributed by atoms with Crippen LogP contribution in [0.3, 0.4) is 0 Å². The van der Waals surface area contributed by atoms with Crippen LogP contribution < -0.4 is 15.4 Å². The van der Waals surface area contributed by atoms with Gasteiger partial charge in [0.2, 0.25) is 11.8 Å². The molecule has 128 valence electrons. The van der Waals surface area contributed by atoms with Crippen molar-refractivity contribution in [1.82, 2.24) is 20.1 Å². The number of carbonyl (C=O) groups is 2. The van der Waals surface area contributed by atoms with Gasteiger partial charge >= 0.3 is 0 Å². The highest BCUT2D eigenvalue weighted by Gasteiger charge is 2.17. The van der Waals surface area contributed by atoms with Gasteiger partial charge < -0.3 is 15.4 Å². The van der Waals surface area contributed by atoms with Gasteiger partial charge in [-0.2, -0.15) is 0 Å². The zero-order valence-electron chi connectivity index (χ0n) is 13.8. The summed E-state index contributed by atoms with van der Waals surface area (Å²) in [5, 5.41) is 10.2. The fourth-order valence-corrected chi connectivity index (χ4v) is 2.43. The Morgan fingerprint density at radius 1 is 1.24 bits per heavy atom. The van der Waals surface area contributed by atoms with Gasteiger partial charge in [-0.25, -0.2) is 0 Å². The number of carbonyl (C=O) groups excluding carboxylic acids is 2. The fourth-order valence-electron chi connectivity index (χ4n) is 2.43. The number of benzene rings is 1. The summed E-state index contributed by atoms with van der Waals surface area (Å²) in [7, 11) is 3.11. The number of amides is 2. The van der Waals surface area contributed by atoms with E-state index in [2.05, 4.69) is 20.7 Å². The number of hydrogen-bond acceptors (Lipinski definition) is 5. The Balaban J connectivity index is 1.65. The number of nitrogens with zero attached hydrogens (tertiary/aromatic N) is 3. The number of aromatic nitrogens is 3. The first-order chi connectivity index (χ1) is 12.1. The molecule has 0 saturated carbocycles. The van der Waals surface area contributed by atoms with E-state index in [1.807, 2.05) is 24.3 Å². The van der Waals surface area contributed by atoms with Crippen LogP contribution in [0.15, 0.2) is 42.7 Å². The molecule has 0 fully saturated rings. The van der Waals surface area contributed by atoms with Crippen molar-refractivity contribution in [3.05, 3.63) is 48.3 Å². The fraction of sp³-hybridized carbons (Fsp3) is 0.176. The maximum Gasteiger partial charge on any atom is 0.258 e. The number of para-hydroxylation sites is 1. The summed E-state index contributed by atoms with van der Waals surface area (Å²) in [6, 6.07) is 9.25. The van der Waals surface area contributed by atoms with Crippen molar-refractivity contribution in [1.29, 1.82) is 0 Å².